The van der Waals surface area contributed by atoms with Crippen molar-refractivity contribution in [3.05, 3.63) is 83.7 Å². The zero-order valence-electron chi connectivity index (χ0n) is 17.0. The topological polar surface area (TPSA) is 56.2 Å². The molecule has 0 spiro atoms. The highest BCUT2D eigenvalue weighted by Crippen LogP contribution is 2.50. The van der Waals surface area contributed by atoms with Gasteiger partial charge in [-0.1, -0.05) is 18.2 Å². The van der Waals surface area contributed by atoms with Gasteiger partial charge in [0, 0.05) is 35.5 Å². The molecule has 2 atom stereocenters. The Morgan fingerprint density at radius 3 is 2.70 bits per heavy atom. The van der Waals surface area contributed by atoms with Crippen LogP contribution in [-0.2, 0) is 0 Å². The maximum atomic E-state index is 6.51. The predicted molar refractivity (Wildman–Crippen MR) is 114 cm³/mol. The minimum atomic E-state index is -0.357. The number of rotatable bonds is 5. The van der Waals surface area contributed by atoms with Crippen molar-refractivity contribution >= 4 is 5.71 Å². The molecule has 0 fully saturated rings. The normalized spacial score (nSPS) is 19.4. The number of para-hydroxylation sites is 1. The molecule has 5 rings (SSSR count). The lowest BCUT2D eigenvalue weighted by molar-refractivity contribution is -0.0212. The maximum absolute atomic E-state index is 6.51. The molecule has 0 unspecified atom stereocenters. The van der Waals surface area contributed by atoms with Crippen LogP contribution < -0.4 is 14.2 Å². The Labute approximate surface area is 175 Å². The summed E-state index contributed by atoms with van der Waals surface area (Å²) in [5.41, 5.74) is 4.13. The van der Waals surface area contributed by atoms with E-state index < -0.39 is 0 Å². The van der Waals surface area contributed by atoms with Crippen molar-refractivity contribution in [2.45, 2.75) is 25.6 Å². The van der Waals surface area contributed by atoms with Crippen LogP contribution >= 0.6 is 0 Å². The lowest BCUT2D eigenvalue weighted by atomic mass is 9.96. The smallest absolute Gasteiger partial charge is 0.214 e. The van der Waals surface area contributed by atoms with Gasteiger partial charge in [0.25, 0.3) is 0 Å². The van der Waals surface area contributed by atoms with Crippen LogP contribution in [0.25, 0.3) is 0 Å². The first-order valence-electron chi connectivity index (χ1n) is 10.1. The van der Waals surface area contributed by atoms with E-state index in [2.05, 4.69) is 16.1 Å². The number of hydrogen-bond donors (Lipinski definition) is 0. The van der Waals surface area contributed by atoms with E-state index in [1.807, 2.05) is 61.7 Å². The third-order valence-electron chi connectivity index (χ3n) is 5.48. The summed E-state index contributed by atoms with van der Waals surface area (Å²) in [7, 11) is 1.66. The summed E-state index contributed by atoms with van der Waals surface area (Å²) in [6.07, 6.45) is 4.06. The number of ether oxygens (including phenoxy) is 3. The summed E-state index contributed by atoms with van der Waals surface area (Å²) >= 11 is 0. The molecular formula is C24H23N3O3. The first-order valence-corrected chi connectivity index (χ1v) is 10.1. The van der Waals surface area contributed by atoms with Gasteiger partial charge in [-0.05, 0) is 43.3 Å². The number of benzene rings is 2. The third kappa shape index (κ3) is 3.14. The van der Waals surface area contributed by atoms with Crippen LogP contribution in [0, 0.1) is 0 Å². The Kier molecular flexibility index (Phi) is 4.75. The van der Waals surface area contributed by atoms with Crippen molar-refractivity contribution in [1.29, 1.82) is 0 Å². The van der Waals surface area contributed by atoms with Crippen LogP contribution in [0.2, 0.25) is 0 Å². The highest BCUT2D eigenvalue weighted by molar-refractivity contribution is 6.01. The van der Waals surface area contributed by atoms with E-state index >= 15 is 0 Å². The summed E-state index contributed by atoms with van der Waals surface area (Å²) in [5.74, 6) is 2.37. The lowest BCUT2D eigenvalue weighted by Crippen LogP contribution is -2.33. The molecule has 0 radical (unpaired) electrons. The van der Waals surface area contributed by atoms with Gasteiger partial charge in [0.15, 0.2) is 11.5 Å². The Morgan fingerprint density at radius 2 is 1.97 bits per heavy atom. The Morgan fingerprint density at radius 1 is 1.10 bits per heavy atom. The molecule has 2 aromatic carbocycles. The highest BCUT2D eigenvalue weighted by Gasteiger charge is 2.42. The van der Waals surface area contributed by atoms with Gasteiger partial charge in [0.1, 0.15) is 5.75 Å². The second-order valence-electron chi connectivity index (χ2n) is 7.24. The van der Waals surface area contributed by atoms with E-state index in [-0.39, 0.29) is 12.3 Å². The Hall–Kier alpha value is -3.54. The summed E-state index contributed by atoms with van der Waals surface area (Å²) < 4.78 is 17.7. The van der Waals surface area contributed by atoms with Gasteiger partial charge in [-0.2, -0.15) is 5.10 Å². The van der Waals surface area contributed by atoms with Crippen molar-refractivity contribution < 1.29 is 14.2 Å². The van der Waals surface area contributed by atoms with Crippen molar-refractivity contribution in [1.82, 2.24) is 9.99 Å². The molecule has 1 aromatic heterocycles. The molecule has 2 aliphatic rings. The molecule has 3 heterocycles. The number of methoxy groups -OCH3 is 1. The van der Waals surface area contributed by atoms with E-state index in [1.54, 1.807) is 13.3 Å². The van der Waals surface area contributed by atoms with E-state index in [0.717, 1.165) is 46.1 Å². The van der Waals surface area contributed by atoms with E-state index in [9.17, 15) is 0 Å². The number of fused-ring (bicyclic) bond motifs is 3. The van der Waals surface area contributed by atoms with Crippen LogP contribution in [0.3, 0.4) is 0 Å². The van der Waals surface area contributed by atoms with Crippen LogP contribution in [0.1, 0.15) is 42.3 Å². The van der Waals surface area contributed by atoms with Crippen molar-refractivity contribution in [3.63, 3.8) is 0 Å². The number of pyridine rings is 1. The Bertz CT molecular complexity index is 1070. The maximum Gasteiger partial charge on any atom is 0.214 e. The minimum Gasteiger partial charge on any atom is -0.497 e. The molecular weight excluding hydrogens is 378 g/mol. The molecule has 0 aliphatic carbocycles. The molecule has 0 N–H and O–H groups in total. The van der Waals surface area contributed by atoms with E-state index in [0.29, 0.717) is 6.61 Å². The van der Waals surface area contributed by atoms with Crippen molar-refractivity contribution in [3.8, 4) is 17.2 Å². The third-order valence-corrected chi connectivity index (χ3v) is 5.48. The van der Waals surface area contributed by atoms with Gasteiger partial charge >= 0.3 is 0 Å². The fraction of sp³-hybridized carbons (Fsp3) is 0.250. The van der Waals surface area contributed by atoms with E-state index in [1.165, 1.54) is 0 Å². The molecule has 3 aromatic rings. The number of nitrogens with zero attached hydrogens (tertiary/aromatic N) is 3. The fourth-order valence-corrected chi connectivity index (χ4v) is 4.05. The zero-order chi connectivity index (χ0) is 20.5. The standard InChI is InChI=1S/C24H23N3O3/c1-3-29-22-8-4-7-19-21-14-20(17-6-5-13-25-15-17)26-27(21)24(30-23(19)22)16-9-11-18(28-2)12-10-16/h4-13,15,21,24H,3,14H2,1-2H3/t21-,24-/m1/s1. The molecule has 30 heavy (non-hydrogen) atoms. The average Bonchev–Trinajstić information content (AvgIpc) is 3.26. The zero-order valence-corrected chi connectivity index (χ0v) is 17.0. The summed E-state index contributed by atoms with van der Waals surface area (Å²) in [6, 6.07) is 18.1. The molecule has 0 saturated heterocycles. The largest absolute Gasteiger partial charge is 0.497 e. The number of hydrogen-bond acceptors (Lipinski definition) is 6. The first-order chi connectivity index (χ1) is 14.8. The predicted octanol–water partition coefficient (Wildman–Crippen LogP) is 4.73. The number of hydrazone groups is 1. The summed E-state index contributed by atoms with van der Waals surface area (Å²) in [4.78, 5) is 4.26. The number of aromatic nitrogens is 1. The molecule has 0 saturated carbocycles. The Balaban J connectivity index is 1.60. The van der Waals surface area contributed by atoms with Crippen molar-refractivity contribution in [2.24, 2.45) is 5.10 Å². The molecule has 152 valence electrons. The molecule has 0 bridgehead atoms. The first kappa shape index (κ1) is 18.5. The van der Waals surface area contributed by atoms with Gasteiger partial charge in [0.05, 0.1) is 25.5 Å². The second kappa shape index (κ2) is 7.71. The van der Waals surface area contributed by atoms with Crippen LogP contribution in [0.4, 0.5) is 0 Å². The quantitative estimate of drug-likeness (QED) is 0.619. The van der Waals surface area contributed by atoms with Gasteiger partial charge in [-0.15, -0.1) is 0 Å². The van der Waals surface area contributed by atoms with Gasteiger partial charge in [-0.3, -0.25) is 4.98 Å². The van der Waals surface area contributed by atoms with Crippen molar-refractivity contribution in [2.75, 3.05) is 13.7 Å². The SMILES string of the molecule is CCOc1cccc2c1O[C@H](c1ccc(OC)cc1)N1N=C(c3cccnc3)C[C@H]21. The summed E-state index contributed by atoms with van der Waals surface area (Å²) in [5, 5.41) is 7.03. The van der Waals surface area contributed by atoms with E-state index in [4.69, 9.17) is 19.3 Å². The van der Waals surface area contributed by atoms with Crippen LogP contribution in [-0.4, -0.2) is 29.4 Å². The fourth-order valence-electron chi connectivity index (χ4n) is 4.05. The molecule has 6 nitrogen and oxygen atoms in total. The molecule has 0 amide bonds. The average molecular weight is 401 g/mol. The second-order valence-corrected chi connectivity index (χ2v) is 7.24. The molecule has 6 heteroatoms. The lowest BCUT2D eigenvalue weighted by Gasteiger charge is -2.38. The summed E-state index contributed by atoms with van der Waals surface area (Å²) in [6.45, 7) is 2.56. The molecule has 2 aliphatic heterocycles. The highest BCUT2D eigenvalue weighted by atomic mass is 16.5. The van der Waals surface area contributed by atoms with Gasteiger partial charge < -0.3 is 14.2 Å². The van der Waals surface area contributed by atoms with Crippen LogP contribution in [0.15, 0.2) is 72.1 Å². The monoisotopic (exact) mass is 401 g/mol. The van der Waals surface area contributed by atoms with Crippen LogP contribution in [0.5, 0.6) is 17.2 Å². The van der Waals surface area contributed by atoms with Gasteiger partial charge in [0.2, 0.25) is 6.23 Å². The minimum absolute atomic E-state index is 0.0662. The van der Waals surface area contributed by atoms with Gasteiger partial charge in [-0.25, -0.2) is 5.01 Å².